The smallest absolute Gasteiger partial charge is 0.352 e. The van der Waals surface area contributed by atoms with Gasteiger partial charge in [-0.3, -0.25) is 4.31 Å². The van der Waals surface area contributed by atoms with Crippen LogP contribution in [0.15, 0.2) is 28.6 Å². The van der Waals surface area contributed by atoms with Crippen molar-refractivity contribution in [2.24, 2.45) is 0 Å². The van der Waals surface area contributed by atoms with Gasteiger partial charge in [-0.15, -0.1) is 11.3 Å². The van der Waals surface area contributed by atoms with Gasteiger partial charge < -0.3 is 5.11 Å². The molecule has 0 aliphatic rings. The van der Waals surface area contributed by atoms with Gasteiger partial charge in [0.2, 0.25) is 0 Å². The van der Waals surface area contributed by atoms with Crippen LogP contribution >= 0.6 is 22.9 Å². The summed E-state index contributed by atoms with van der Waals surface area (Å²) in [5, 5.41) is 8.77. The zero-order valence-electron chi connectivity index (χ0n) is 8.88. The number of nitrogens with zero attached hydrogens (tertiary/aromatic N) is 1. The summed E-state index contributed by atoms with van der Waals surface area (Å²) in [5.41, 5.74) is -0.489. The molecule has 1 aromatic heterocycles. The number of halogens is 1. The van der Waals surface area contributed by atoms with Crippen LogP contribution in [-0.2, 0) is 14.8 Å². The number of rotatable bonds is 5. The van der Waals surface area contributed by atoms with Crippen LogP contribution in [0.3, 0.4) is 0 Å². The zero-order valence-corrected chi connectivity index (χ0v) is 11.3. The Bertz CT molecular complexity index is 549. The zero-order chi connectivity index (χ0) is 13.2. The van der Waals surface area contributed by atoms with E-state index in [2.05, 4.69) is 6.58 Å². The molecular formula is C9H10ClNO4S2. The van der Waals surface area contributed by atoms with E-state index in [4.69, 9.17) is 16.7 Å². The van der Waals surface area contributed by atoms with E-state index in [1.807, 2.05) is 0 Å². The first-order valence-corrected chi connectivity index (χ1v) is 7.14. The van der Waals surface area contributed by atoms with E-state index in [-0.39, 0.29) is 10.8 Å². The standard InChI is InChI=1S/C9H10ClNO4S2/c1-3-11(6(2)9(12)13)17(14,15)8-5-4-7(10)16-8/h4-5H,2-3H2,1H3,(H,12,13). The van der Waals surface area contributed by atoms with Crippen molar-refractivity contribution in [2.75, 3.05) is 6.54 Å². The molecule has 1 N–H and O–H groups in total. The summed E-state index contributed by atoms with van der Waals surface area (Å²) in [5.74, 6) is -1.38. The van der Waals surface area contributed by atoms with Crippen molar-refractivity contribution in [1.82, 2.24) is 4.31 Å². The molecule has 1 rings (SSSR count). The minimum Gasteiger partial charge on any atom is -0.477 e. The second-order valence-electron chi connectivity index (χ2n) is 2.98. The highest BCUT2D eigenvalue weighted by Gasteiger charge is 2.28. The first-order chi connectivity index (χ1) is 7.80. The maximum absolute atomic E-state index is 12.1. The van der Waals surface area contributed by atoms with E-state index in [0.29, 0.717) is 4.34 Å². The van der Waals surface area contributed by atoms with Crippen LogP contribution in [0.2, 0.25) is 4.34 Å². The van der Waals surface area contributed by atoms with E-state index in [0.717, 1.165) is 15.6 Å². The van der Waals surface area contributed by atoms with E-state index >= 15 is 0 Å². The SMILES string of the molecule is C=C(C(=O)O)N(CC)S(=O)(=O)c1ccc(Cl)s1. The van der Waals surface area contributed by atoms with Gasteiger partial charge in [0.25, 0.3) is 10.0 Å². The van der Waals surface area contributed by atoms with Gasteiger partial charge >= 0.3 is 5.97 Å². The van der Waals surface area contributed by atoms with Gasteiger partial charge in [0.15, 0.2) is 0 Å². The highest BCUT2D eigenvalue weighted by Crippen LogP contribution is 2.29. The monoisotopic (exact) mass is 295 g/mol. The Morgan fingerprint density at radius 2 is 2.18 bits per heavy atom. The molecule has 0 aliphatic carbocycles. The molecule has 0 aromatic carbocycles. The molecule has 0 amide bonds. The fourth-order valence-electron chi connectivity index (χ4n) is 1.16. The van der Waals surface area contributed by atoms with Gasteiger partial charge in [-0.05, 0) is 19.1 Å². The summed E-state index contributed by atoms with van der Waals surface area (Å²) in [4.78, 5) is 10.8. The third kappa shape index (κ3) is 2.80. The number of hydrogen-bond donors (Lipinski definition) is 1. The molecule has 8 heteroatoms. The van der Waals surface area contributed by atoms with Crippen molar-refractivity contribution in [2.45, 2.75) is 11.1 Å². The third-order valence-corrected chi connectivity index (χ3v) is 5.54. The van der Waals surface area contributed by atoms with Crippen LogP contribution in [0.5, 0.6) is 0 Å². The second-order valence-corrected chi connectivity index (χ2v) is 6.78. The molecule has 94 valence electrons. The van der Waals surface area contributed by atoms with Crippen LogP contribution in [0.25, 0.3) is 0 Å². The summed E-state index contributed by atoms with van der Waals surface area (Å²) < 4.78 is 25.2. The van der Waals surface area contributed by atoms with Gasteiger partial charge in [-0.25, -0.2) is 13.2 Å². The van der Waals surface area contributed by atoms with Crippen molar-refractivity contribution in [1.29, 1.82) is 0 Å². The van der Waals surface area contributed by atoms with Crippen molar-refractivity contribution in [3.63, 3.8) is 0 Å². The number of thiophene rings is 1. The molecule has 0 atom stereocenters. The average molecular weight is 296 g/mol. The number of carboxylic acid groups (broad SMARTS) is 1. The average Bonchev–Trinajstić information content (AvgIpc) is 2.65. The number of hydrogen-bond acceptors (Lipinski definition) is 4. The molecule has 1 aromatic rings. The van der Waals surface area contributed by atoms with Crippen molar-refractivity contribution >= 4 is 38.9 Å². The Morgan fingerprint density at radius 3 is 2.53 bits per heavy atom. The van der Waals surface area contributed by atoms with Crippen molar-refractivity contribution in [3.8, 4) is 0 Å². The highest BCUT2D eigenvalue weighted by molar-refractivity contribution is 7.91. The second kappa shape index (κ2) is 5.07. The summed E-state index contributed by atoms with van der Waals surface area (Å²) in [7, 11) is -3.89. The lowest BCUT2D eigenvalue weighted by Gasteiger charge is -2.21. The van der Waals surface area contributed by atoms with Crippen molar-refractivity contribution < 1.29 is 18.3 Å². The van der Waals surface area contributed by atoms with Gasteiger partial charge in [0, 0.05) is 6.54 Å². The van der Waals surface area contributed by atoms with E-state index in [1.54, 1.807) is 0 Å². The van der Waals surface area contributed by atoms with Crippen LogP contribution < -0.4 is 0 Å². The molecule has 0 saturated heterocycles. The van der Waals surface area contributed by atoms with Crippen LogP contribution in [0.1, 0.15) is 6.92 Å². The minimum atomic E-state index is -3.89. The molecule has 0 bridgehead atoms. The predicted octanol–water partition coefficient (Wildman–Crippen LogP) is 2.01. The Labute approximate surface area is 108 Å². The number of aliphatic carboxylic acids is 1. The fourth-order valence-corrected chi connectivity index (χ4v) is 4.20. The first kappa shape index (κ1) is 14.0. The molecule has 1 heterocycles. The summed E-state index contributed by atoms with van der Waals surface area (Å²) >= 11 is 6.52. The summed E-state index contributed by atoms with van der Waals surface area (Å²) in [6, 6.07) is 2.77. The Kier molecular flexibility index (Phi) is 4.18. The normalized spacial score (nSPS) is 11.2. The fraction of sp³-hybridized carbons (Fsp3) is 0.222. The third-order valence-electron chi connectivity index (χ3n) is 1.93. The maximum Gasteiger partial charge on any atom is 0.352 e. The molecule has 0 saturated carbocycles. The van der Waals surface area contributed by atoms with E-state index in [1.165, 1.54) is 19.1 Å². The van der Waals surface area contributed by atoms with Crippen LogP contribution in [0.4, 0.5) is 0 Å². The van der Waals surface area contributed by atoms with Gasteiger partial charge in [-0.2, -0.15) is 0 Å². The van der Waals surface area contributed by atoms with E-state index in [9.17, 15) is 13.2 Å². The van der Waals surface area contributed by atoms with E-state index < -0.39 is 21.7 Å². The van der Waals surface area contributed by atoms with Gasteiger partial charge in [0.05, 0.1) is 4.34 Å². The maximum atomic E-state index is 12.1. The Hall–Kier alpha value is -1.05. The Balaban J connectivity index is 3.20. The summed E-state index contributed by atoms with van der Waals surface area (Å²) in [6.07, 6.45) is 0. The van der Waals surface area contributed by atoms with Crippen LogP contribution in [-0.4, -0.2) is 30.3 Å². The van der Waals surface area contributed by atoms with Gasteiger partial charge in [-0.1, -0.05) is 18.2 Å². The first-order valence-electron chi connectivity index (χ1n) is 4.51. The molecule has 0 radical (unpaired) electrons. The number of likely N-dealkylation sites (N-methyl/N-ethyl adjacent to an activating group) is 1. The predicted molar refractivity (Wildman–Crippen MR) is 65.7 cm³/mol. The molecule has 0 unspecified atom stereocenters. The molecule has 0 aliphatic heterocycles. The molecular weight excluding hydrogens is 286 g/mol. The molecule has 0 fully saturated rings. The number of sulfonamides is 1. The lowest BCUT2D eigenvalue weighted by molar-refractivity contribution is -0.133. The lowest BCUT2D eigenvalue weighted by atomic mass is 10.5. The molecule has 5 nitrogen and oxygen atoms in total. The number of carbonyl (C=O) groups is 1. The molecule has 0 spiro atoms. The topological polar surface area (TPSA) is 74.7 Å². The van der Waals surface area contributed by atoms with Crippen LogP contribution in [0, 0.1) is 0 Å². The molecule has 17 heavy (non-hydrogen) atoms. The lowest BCUT2D eigenvalue weighted by Crippen LogP contribution is -2.32. The Morgan fingerprint density at radius 1 is 1.59 bits per heavy atom. The minimum absolute atomic E-state index is 0.00764. The largest absolute Gasteiger partial charge is 0.477 e. The quantitative estimate of drug-likeness (QED) is 0.843. The summed E-state index contributed by atoms with van der Waals surface area (Å²) in [6.45, 7) is 4.76. The number of carboxylic acids is 1. The van der Waals surface area contributed by atoms with Crippen molar-refractivity contribution in [3.05, 3.63) is 28.7 Å². The van der Waals surface area contributed by atoms with Gasteiger partial charge in [0.1, 0.15) is 9.91 Å². The highest BCUT2D eigenvalue weighted by atomic mass is 35.5.